The Balaban J connectivity index is 1.38. The van der Waals surface area contributed by atoms with Crippen molar-refractivity contribution in [3.05, 3.63) is 41.7 Å². The van der Waals surface area contributed by atoms with E-state index in [4.69, 9.17) is 0 Å². The topological polar surface area (TPSA) is 92.5 Å². The molecule has 1 aliphatic heterocycles. The second-order valence-electron chi connectivity index (χ2n) is 8.24. The number of amides is 2. The predicted molar refractivity (Wildman–Crippen MR) is 127 cm³/mol. The van der Waals surface area contributed by atoms with Gasteiger partial charge in [-0.15, -0.1) is 10.2 Å². The highest BCUT2D eigenvalue weighted by Crippen LogP contribution is 2.17. The molecule has 0 aliphatic carbocycles. The molecule has 0 spiro atoms. The molecule has 0 bridgehead atoms. The van der Waals surface area contributed by atoms with Crippen LogP contribution in [0.1, 0.15) is 50.9 Å². The molecule has 0 radical (unpaired) electrons. The lowest BCUT2D eigenvalue weighted by Gasteiger charge is -2.12. The molecule has 172 valence electrons. The number of carbonyl (C=O) groups excluding carboxylic acids is 2. The lowest BCUT2D eigenvalue weighted by atomic mass is 10.1. The predicted octanol–water partition coefficient (Wildman–Crippen LogP) is 3.12. The zero-order valence-electron chi connectivity index (χ0n) is 19.1. The molecule has 1 aromatic heterocycles. The third kappa shape index (κ3) is 6.66. The molecule has 0 saturated carbocycles. The Morgan fingerprint density at radius 3 is 2.66 bits per heavy atom. The maximum atomic E-state index is 12.4. The van der Waals surface area contributed by atoms with Crippen LogP contribution < -0.4 is 5.32 Å². The number of nitrogens with one attached hydrogen (secondary N) is 1. The first-order valence-electron chi connectivity index (χ1n) is 11.1. The standard InChI is InChI=1S/C23H32N6O2S/c1-17(2)16-28-20(25-26-23(28)32-3)10-7-14-24-21(30)11-12-22(31)29-15-13-19(27-29)18-8-5-4-6-9-18/h4-6,8-9,17H,7,10-16H2,1-3H3,(H,24,30). The molecular weight excluding hydrogens is 424 g/mol. The Labute approximate surface area is 193 Å². The lowest BCUT2D eigenvalue weighted by molar-refractivity contribution is -0.133. The van der Waals surface area contributed by atoms with E-state index in [1.807, 2.05) is 36.6 Å². The fourth-order valence-electron chi connectivity index (χ4n) is 3.59. The van der Waals surface area contributed by atoms with Crippen LogP contribution in [0.2, 0.25) is 0 Å². The van der Waals surface area contributed by atoms with Crippen molar-refractivity contribution in [2.24, 2.45) is 11.0 Å². The van der Waals surface area contributed by atoms with Gasteiger partial charge in [0, 0.05) is 38.8 Å². The number of hydrogen-bond donors (Lipinski definition) is 1. The Morgan fingerprint density at radius 2 is 1.94 bits per heavy atom. The van der Waals surface area contributed by atoms with Gasteiger partial charge >= 0.3 is 0 Å². The maximum absolute atomic E-state index is 12.4. The highest BCUT2D eigenvalue weighted by atomic mass is 32.2. The van der Waals surface area contributed by atoms with Gasteiger partial charge in [0.25, 0.3) is 0 Å². The summed E-state index contributed by atoms with van der Waals surface area (Å²) in [5.74, 6) is 1.24. The molecule has 32 heavy (non-hydrogen) atoms. The van der Waals surface area contributed by atoms with Crippen molar-refractivity contribution in [2.75, 3.05) is 19.3 Å². The number of aromatic nitrogens is 3. The minimum Gasteiger partial charge on any atom is -0.356 e. The zero-order valence-corrected chi connectivity index (χ0v) is 19.9. The average Bonchev–Trinajstić information content (AvgIpc) is 3.43. The highest BCUT2D eigenvalue weighted by molar-refractivity contribution is 7.98. The van der Waals surface area contributed by atoms with Crippen LogP contribution in [0.4, 0.5) is 0 Å². The number of carbonyl (C=O) groups is 2. The maximum Gasteiger partial charge on any atom is 0.243 e. The molecule has 1 N–H and O–H groups in total. The van der Waals surface area contributed by atoms with Crippen molar-refractivity contribution in [1.82, 2.24) is 25.1 Å². The van der Waals surface area contributed by atoms with Gasteiger partial charge in [-0.05, 0) is 24.2 Å². The number of rotatable bonds is 11. The third-order valence-electron chi connectivity index (χ3n) is 5.19. The Bertz CT molecular complexity index is 941. The minimum atomic E-state index is -0.113. The lowest BCUT2D eigenvalue weighted by Crippen LogP contribution is -2.28. The normalized spacial score (nSPS) is 13.5. The summed E-state index contributed by atoms with van der Waals surface area (Å²) in [7, 11) is 0. The quantitative estimate of drug-likeness (QED) is 0.414. The molecule has 3 rings (SSSR count). The van der Waals surface area contributed by atoms with E-state index in [-0.39, 0.29) is 24.7 Å². The SMILES string of the molecule is CSc1nnc(CCCNC(=O)CCC(=O)N2CCC(c3ccccc3)=N2)n1CC(C)C. The van der Waals surface area contributed by atoms with Gasteiger partial charge in [0.05, 0.1) is 12.3 Å². The van der Waals surface area contributed by atoms with Crippen LogP contribution in [-0.4, -0.2) is 56.6 Å². The molecule has 2 aromatic rings. The monoisotopic (exact) mass is 456 g/mol. The zero-order chi connectivity index (χ0) is 22.9. The number of thioether (sulfide) groups is 1. The molecule has 0 fully saturated rings. The number of benzene rings is 1. The van der Waals surface area contributed by atoms with Gasteiger partial charge in [0.2, 0.25) is 11.8 Å². The van der Waals surface area contributed by atoms with Crippen molar-refractivity contribution in [3.8, 4) is 0 Å². The summed E-state index contributed by atoms with van der Waals surface area (Å²) in [6, 6.07) is 9.87. The second kappa shape index (κ2) is 11.8. The molecule has 9 heteroatoms. The van der Waals surface area contributed by atoms with Gasteiger partial charge in [-0.1, -0.05) is 55.9 Å². The van der Waals surface area contributed by atoms with Crippen LogP contribution in [-0.2, 0) is 22.6 Å². The molecule has 0 atom stereocenters. The summed E-state index contributed by atoms with van der Waals surface area (Å²) in [5, 5.41) is 18.3. The van der Waals surface area contributed by atoms with E-state index in [0.717, 1.165) is 48.1 Å². The smallest absolute Gasteiger partial charge is 0.243 e. The van der Waals surface area contributed by atoms with Crippen molar-refractivity contribution < 1.29 is 9.59 Å². The van der Waals surface area contributed by atoms with Gasteiger partial charge in [0.15, 0.2) is 5.16 Å². The highest BCUT2D eigenvalue weighted by Gasteiger charge is 2.22. The summed E-state index contributed by atoms with van der Waals surface area (Å²) >= 11 is 1.60. The van der Waals surface area contributed by atoms with Gasteiger partial charge in [-0.2, -0.15) is 5.10 Å². The van der Waals surface area contributed by atoms with Crippen molar-refractivity contribution in [2.45, 2.75) is 57.7 Å². The number of nitrogens with zero attached hydrogens (tertiary/aromatic N) is 5. The number of aryl methyl sites for hydroxylation is 1. The summed E-state index contributed by atoms with van der Waals surface area (Å²) < 4.78 is 2.16. The number of hydrazone groups is 1. The van der Waals surface area contributed by atoms with Crippen LogP contribution in [0.3, 0.4) is 0 Å². The van der Waals surface area contributed by atoms with Crippen molar-refractivity contribution >= 4 is 29.3 Å². The summed E-state index contributed by atoms with van der Waals surface area (Å²) in [6.45, 7) is 6.35. The van der Waals surface area contributed by atoms with E-state index >= 15 is 0 Å². The van der Waals surface area contributed by atoms with E-state index in [0.29, 0.717) is 19.0 Å². The molecule has 2 heterocycles. The van der Waals surface area contributed by atoms with Crippen LogP contribution in [0.15, 0.2) is 40.6 Å². The first-order chi connectivity index (χ1) is 15.5. The van der Waals surface area contributed by atoms with Gasteiger partial charge in [-0.25, -0.2) is 5.01 Å². The molecule has 0 unspecified atom stereocenters. The van der Waals surface area contributed by atoms with Crippen LogP contribution in [0, 0.1) is 5.92 Å². The Kier molecular flexibility index (Phi) is 8.84. The van der Waals surface area contributed by atoms with Crippen LogP contribution in [0.5, 0.6) is 0 Å². The summed E-state index contributed by atoms with van der Waals surface area (Å²) in [4.78, 5) is 24.6. The summed E-state index contributed by atoms with van der Waals surface area (Å²) in [5.41, 5.74) is 1.95. The van der Waals surface area contributed by atoms with Crippen molar-refractivity contribution in [1.29, 1.82) is 0 Å². The average molecular weight is 457 g/mol. The van der Waals surface area contributed by atoms with E-state index in [2.05, 4.69) is 39.0 Å². The van der Waals surface area contributed by atoms with Crippen LogP contribution in [0.25, 0.3) is 0 Å². The van der Waals surface area contributed by atoms with E-state index in [1.165, 1.54) is 5.01 Å². The Morgan fingerprint density at radius 1 is 1.16 bits per heavy atom. The number of hydrogen-bond acceptors (Lipinski definition) is 6. The van der Waals surface area contributed by atoms with E-state index in [9.17, 15) is 9.59 Å². The largest absolute Gasteiger partial charge is 0.356 e. The Hall–Kier alpha value is -2.68. The van der Waals surface area contributed by atoms with Gasteiger partial charge < -0.3 is 9.88 Å². The molecular formula is C23H32N6O2S. The molecule has 0 saturated heterocycles. The first-order valence-corrected chi connectivity index (χ1v) is 12.4. The van der Waals surface area contributed by atoms with Crippen LogP contribution >= 0.6 is 11.8 Å². The van der Waals surface area contributed by atoms with E-state index in [1.54, 1.807) is 11.8 Å². The van der Waals surface area contributed by atoms with E-state index < -0.39 is 0 Å². The second-order valence-corrected chi connectivity index (χ2v) is 9.01. The minimum absolute atomic E-state index is 0.113. The summed E-state index contributed by atoms with van der Waals surface area (Å²) in [6.07, 6.45) is 4.61. The molecule has 2 amide bonds. The van der Waals surface area contributed by atoms with Gasteiger partial charge in [0.1, 0.15) is 5.82 Å². The fraction of sp³-hybridized carbons (Fsp3) is 0.522. The molecule has 1 aliphatic rings. The van der Waals surface area contributed by atoms with Crippen molar-refractivity contribution in [3.63, 3.8) is 0 Å². The molecule has 1 aromatic carbocycles. The molecule has 8 nitrogen and oxygen atoms in total. The third-order valence-corrected chi connectivity index (χ3v) is 5.85. The fourth-order valence-corrected chi connectivity index (χ4v) is 4.11. The first kappa shape index (κ1) is 24.0. The van der Waals surface area contributed by atoms with Gasteiger partial charge in [-0.3, -0.25) is 9.59 Å².